The molecule has 230 valence electrons. The van der Waals surface area contributed by atoms with Gasteiger partial charge in [0.2, 0.25) is 5.82 Å². The van der Waals surface area contributed by atoms with Crippen LogP contribution in [0.4, 0.5) is 14.6 Å². The number of aldehydes is 1. The number of anilines is 1. The van der Waals surface area contributed by atoms with Gasteiger partial charge in [-0.3, -0.25) is 14.2 Å². The number of hydrogen-bond acceptors (Lipinski definition) is 9. The minimum atomic E-state index is -1.66. The fourth-order valence-corrected chi connectivity index (χ4v) is 5.69. The molecule has 14 heteroatoms. The van der Waals surface area contributed by atoms with E-state index in [9.17, 15) is 28.6 Å². The van der Waals surface area contributed by atoms with Gasteiger partial charge in [0.25, 0.3) is 5.91 Å². The monoisotopic (exact) mass is 622 g/mol. The maximum atomic E-state index is 14.5. The maximum Gasteiger partial charge on any atom is 0.254 e. The van der Waals surface area contributed by atoms with E-state index in [1.54, 1.807) is 35.4 Å². The normalized spacial score (nSPS) is 14.0. The van der Waals surface area contributed by atoms with E-state index in [0.29, 0.717) is 52.5 Å². The first-order valence-electron chi connectivity index (χ1n) is 14.1. The molecule has 1 amide bonds. The fourth-order valence-electron chi connectivity index (χ4n) is 5.69. The highest BCUT2D eigenvalue weighted by Crippen LogP contribution is 2.36. The fraction of sp³-hybridized carbons (Fsp3) is 0.125. The molecule has 46 heavy (non-hydrogen) atoms. The number of imidazole rings is 1. The van der Waals surface area contributed by atoms with Crippen LogP contribution in [-0.2, 0) is 13.0 Å². The summed E-state index contributed by atoms with van der Waals surface area (Å²) in [5, 5.41) is 26.2. The number of nitrogen functional groups attached to an aromatic ring is 1. The molecule has 0 saturated heterocycles. The predicted molar refractivity (Wildman–Crippen MR) is 161 cm³/mol. The molecule has 1 aliphatic carbocycles. The number of benzene rings is 2. The van der Waals surface area contributed by atoms with Gasteiger partial charge in [-0.25, -0.2) is 24.0 Å². The van der Waals surface area contributed by atoms with Crippen molar-refractivity contribution in [1.29, 1.82) is 0 Å². The third-order valence-corrected chi connectivity index (χ3v) is 7.97. The van der Waals surface area contributed by atoms with E-state index in [4.69, 9.17) is 15.7 Å². The van der Waals surface area contributed by atoms with Crippen LogP contribution in [0.25, 0.3) is 34.1 Å². The van der Waals surface area contributed by atoms with Crippen molar-refractivity contribution in [3.8, 4) is 28.6 Å². The van der Waals surface area contributed by atoms with Crippen LogP contribution in [-0.4, -0.2) is 51.7 Å². The van der Waals surface area contributed by atoms with Gasteiger partial charge in [0.05, 0.1) is 35.5 Å². The molecule has 2 aromatic carbocycles. The molecule has 0 aliphatic heterocycles. The lowest BCUT2D eigenvalue weighted by Gasteiger charge is -2.16. The van der Waals surface area contributed by atoms with Crippen molar-refractivity contribution in [1.82, 2.24) is 34.6 Å². The molecule has 4 aromatic heterocycles. The summed E-state index contributed by atoms with van der Waals surface area (Å²) in [6.45, 7) is -0.165. The number of nitrogens with two attached hydrogens (primary N) is 1. The van der Waals surface area contributed by atoms with Crippen LogP contribution in [0.2, 0.25) is 0 Å². The topological polar surface area (TPSA) is 174 Å². The number of amides is 1. The van der Waals surface area contributed by atoms with Gasteiger partial charge in [-0.15, -0.1) is 0 Å². The molecule has 0 unspecified atom stereocenters. The van der Waals surface area contributed by atoms with E-state index >= 15 is 0 Å². The lowest BCUT2D eigenvalue weighted by atomic mass is 10.0. The van der Waals surface area contributed by atoms with Gasteiger partial charge in [-0.1, -0.05) is 6.07 Å². The van der Waals surface area contributed by atoms with Crippen molar-refractivity contribution in [3.05, 3.63) is 107 Å². The number of aliphatic hydroxyl groups excluding tert-OH is 1. The Bertz CT molecular complexity index is 2200. The number of aromatic hydroxyl groups is 1. The van der Waals surface area contributed by atoms with Gasteiger partial charge in [0.1, 0.15) is 11.3 Å². The van der Waals surface area contributed by atoms with Crippen molar-refractivity contribution >= 4 is 29.2 Å². The highest BCUT2D eigenvalue weighted by atomic mass is 19.2. The zero-order valence-corrected chi connectivity index (χ0v) is 23.9. The van der Waals surface area contributed by atoms with Crippen LogP contribution in [0.1, 0.15) is 49.9 Å². The predicted octanol–water partition coefficient (Wildman–Crippen LogP) is 3.96. The van der Waals surface area contributed by atoms with Crippen molar-refractivity contribution < 1.29 is 28.6 Å². The Morgan fingerprint density at radius 1 is 1.13 bits per heavy atom. The molecule has 6 aromatic rings. The molecular weight excluding hydrogens is 598 g/mol. The highest BCUT2D eigenvalue weighted by Gasteiger charge is 2.29. The molecule has 12 nitrogen and oxygen atoms in total. The number of hydrogen-bond donors (Lipinski definition) is 4. The van der Waals surface area contributed by atoms with Gasteiger partial charge in [0, 0.05) is 23.6 Å². The van der Waals surface area contributed by atoms with Gasteiger partial charge in [0.15, 0.2) is 35.1 Å². The largest absolute Gasteiger partial charge is 0.504 e. The van der Waals surface area contributed by atoms with Crippen LogP contribution in [0, 0.1) is 11.6 Å². The minimum absolute atomic E-state index is 0.146. The SMILES string of the molecule is Nc1ncccc1-c1nc2ccc(-n3cc(CO)cn3)nc2n1-c1ccc2c(c1)CC[C@@H]2NC(=O)c1cc(C=O)c(O)c(F)c1F. The van der Waals surface area contributed by atoms with Crippen LogP contribution < -0.4 is 11.1 Å². The number of aryl methyl sites for hydroxylation is 1. The third-order valence-electron chi connectivity index (χ3n) is 7.97. The van der Waals surface area contributed by atoms with E-state index in [-0.39, 0.29) is 18.7 Å². The molecule has 0 bridgehead atoms. The van der Waals surface area contributed by atoms with Crippen LogP contribution in [0.5, 0.6) is 5.75 Å². The number of aromatic nitrogens is 6. The highest BCUT2D eigenvalue weighted by molar-refractivity contribution is 5.97. The van der Waals surface area contributed by atoms with Crippen molar-refractivity contribution in [2.24, 2.45) is 0 Å². The number of halogens is 2. The number of carbonyl (C=O) groups excluding carboxylic acids is 2. The summed E-state index contributed by atoms with van der Waals surface area (Å²) < 4.78 is 32.1. The summed E-state index contributed by atoms with van der Waals surface area (Å²) in [6.07, 6.45) is 6.00. The summed E-state index contributed by atoms with van der Waals surface area (Å²) in [6, 6.07) is 13.0. The Labute approximate surface area is 258 Å². The van der Waals surface area contributed by atoms with Gasteiger partial charge >= 0.3 is 0 Å². The summed E-state index contributed by atoms with van der Waals surface area (Å²) in [5.41, 5.74) is 9.74. The number of phenolic OH excluding ortho intramolecular Hbond substituents is 1. The smallest absolute Gasteiger partial charge is 0.254 e. The zero-order chi connectivity index (χ0) is 32.1. The number of pyridine rings is 2. The molecule has 0 spiro atoms. The van der Waals surface area contributed by atoms with Gasteiger partial charge in [-0.2, -0.15) is 9.49 Å². The lowest BCUT2D eigenvalue weighted by Crippen LogP contribution is -2.28. The second kappa shape index (κ2) is 11.2. The summed E-state index contributed by atoms with van der Waals surface area (Å²) in [7, 11) is 0. The molecule has 7 rings (SSSR count). The molecular formula is C32H24F2N8O4. The zero-order valence-electron chi connectivity index (χ0n) is 23.9. The number of nitrogens with zero attached hydrogens (tertiary/aromatic N) is 6. The number of aliphatic hydroxyl groups is 1. The summed E-state index contributed by atoms with van der Waals surface area (Å²) >= 11 is 0. The molecule has 4 heterocycles. The first kappa shape index (κ1) is 28.7. The average Bonchev–Trinajstić information content (AvgIpc) is 3.80. The van der Waals surface area contributed by atoms with E-state index in [1.165, 1.54) is 0 Å². The molecule has 5 N–H and O–H groups in total. The Hall–Kier alpha value is -6.02. The molecule has 1 atom stereocenters. The second-order valence-electron chi connectivity index (χ2n) is 10.7. The van der Waals surface area contributed by atoms with Gasteiger partial charge < -0.3 is 21.3 Å². The van der Waals surface area contributed by atoms with Crippen LogP contribution in [0.15, 0.2) is 67.1 Å². The number of rotatable bonds is 7. The standard InChI is InChI=1S/C32H24F2N8O4/c33-26-22(11-18(15-44)28(45)27(26)34)32(46)39-23-6-3-17-10-19(4-5-20(17)23)42-30(21-2-1-9-36-29(21)35)38-24-7-8-25(40-31(24)42)41-13-16(14-43)12-37-41/h1-2,4-5,7-13,15,23,43,45H,3,6,14H2,(H2,35,36)(H,39,46)/t23-/m0/s1. The van der Waals surface area contributed by atoms with Gasteiger partial charge in [-0.05, 0) is 66.4 Å². The van der Waals surface area contributed by atoms with E-state index in [2.05, 4.69) is 15.4 Å². The molecule has 0 fully saturated rings. The first-order chi connectivity index (χ1) is 22.3. The Morgan fingerprint density at radius 3 is 2.74 bits per heavy atom. The number of fused-ring (bicyclic) bond motifs is 2. The van der Waals surface area contributed by atoms with E-state index in [0.717, 1.165) is 17.2 Å². The van der Waals surface area contributed by atoms with Crippen LogP contribution in [0.3, 0.4) is 0 Å². The maximum absolute atomic E-state index is 14.5. The van der Waals surface area contributed by atoms with E-state index in [1.807, 2.05) is 34.9 Å². The number of nitrogens with one attached hydrogen (secondary N) is 1. The van der Waals surface area contributed by atoms with Crippen molar-refractivity contribution in [2.75, 3.05) is 5.73 Å². The third kappa shape index (κ3) is 4.71. The quantitative estimate of drug-likeness (QED) is 0.192. The Balaban J connectivity index is 1.29. The lowest BCUT2D eigenvalue weighted by molar-refractivity contribution is 0.0931. The molecule has 0 radical (unpaired) electrons. The minimum Gasteiger partial charge on any atom is -0.504 e. The molecule has 1 aliphatic rings. The second-order valence-corrected chi connectivity index (χ2v) is 10.7. The average molecular weight is 623 g/mol. The van der Waals surface area contributed by atoms with Crippen molar-refractivity contribution in [3.63, 3.8) is 0 Å². The number of phenols is 1. The van der Waals surface area contributed by atoms with Crippen molar-refractivity contribution in [2.45, 2.75) is 25.5 Å². The number of carbonyl (C=O) groups is 2. The Morgan fingerprint density at radius 2 is 1.98 bits per heavy atom. The summed E-state index contributed by atoms with van der Waals surface area (Å²) in [5.74, 6) is -4.00. The van der Waals surface area contributed by atoms with E-state index < -0.39 is 40.5 Å². The Kier molecular flexibility index (Phi) is 6.97. The molecule has 0 saturated carbocycles. The first-order valence-corrected chi connectivity index (χ1v) is 14.1. The van der Waals surface area contributed by atoms with Crippen LogP contribution >= 0.6 is 0 Å². The summed E-state index contributed by atoms with van der Waals surface area (Å²) in [4.78, 5) is 38.1.